The van der Waals surface area contributed by atoms with Gasteiger partial charge in [-0.25, -0.2) is 0 Å². The van der Waals surface area contributed by atoms with Crippen LogP contribution < -0.4 is 0 Å². The van der Waals surface area contributed by atoms with Crippen LogP contribution in [-0.2, 0) is 0 Å². The molecule has 1 aromatic rings. The molecule has 0 aliphatic carbocycles. The molecule has 1 aliphatic rings. The number of amidine groups is 1. The third kappa shape index (κ3) is 1.87. The number of hydrogen-bond acceptors (Lipinski definition) is 2. The Morgan fingerprint density at radius 3 is 2.69 bits per heavy atom. The van der Waals surface area contributed by atoms with Crippen molar-refractivity contribution in [1.82, 2.24) is 0 Å². The van der Waals surface area contributed by atoms with E-state index in [-0.39, 0.29) is 5.11 Å². The van der Waals surface area contributed by atoms with E-state index in [0.29, 0.717) is 5.84 Å². The zero-order valence-corrected chi connectivity index (χ0v) is 8.84. The van der Waals surface area contributed by atoms with Gasteiger partial charge in [0.15, 0.2) is 5.84 Å². The predicted molar refractivity (Wildman–Crippen MR) is 58.1 cm³/mol. The maximum absolute atomic E-state index is 4.77. The first-order chi connectivity index (χ1) is 6.25. The van der Waals surface area contributed by atoms with Gasteiger partial charge in [0.1, 0.15) is 0 Å². The third-order valence-electron chi connectivity index (χ3n) is 1.51. The second kappa shape index (κ2) is 3.43. The number of hydrogen-bond donors (Lipinski definition) is 0. The van der Waals surface area contributed by atoms with Crippen LogP contribution >= 0.6 is 28.1 Å². The zero-order chi connectivity index (χ0) is 9.26. The Kier molecular flexibility index (Phi) is 2.28. The van der Waals surface area contributed by atoms with Gasteiger partial charge in [-0.1, -0.05) is 28.1 Å². The van der Waals surface area contributed by atoms with Gasteiger partial charge in [-0.3, -0.25) is 0 Å². The summed E-state index contributed by atoms with van der Waals surface area (Å²) < 4.78 is 0.987. The van der Waals surface area contributed by atoms with Crippen LogP contribution in [0.3, 0.4) is 0 Å². The summed E-state index contributed by atoms with van der Waals surface area (Å²) in [7, 11) is 0. The molecule has 0 unspecified atom stereocenters. The van der Waals surface area contributed by atoms with Crippen molar-refractivity contribution in [3.63, 3.8) is 0 Å². The van der Waals surface area contributed by atoms with E-state index < -0.39 is 0 Å². The van der Waals surface area contributed by atoms with Crippen LogP contribution in [0.5, 0.6) is 0 Å². The lowest BCUT2D eigenvalue weighted by Crippen LogP contribution is -1.93. The fourth-order valence-corrected chi connectivity index (χ4v) is 1.50. The Balaban J connectivity index is 2.42. The number of aliphatic imine (C=N–C) groups is 1. The fourth-order valence-electron chi connectivity index (χ4n) is 0.975. The molecule has 5 heteroatoms. The van der Waals surface area contributed by atoms with Crippen molar-refractivity contribution in [1.29, 1.82) is 0 Å². The molecule has 0 saturated carbocycles. The number of rotatable bonds is 1. The molecule has 1 heterocycles. The molecule has 0 atom stereocenters. The van der Waals surface area contributed by atoms with E-state index in [1.807, 2.05) is 24.3 Å². The van der Waals surface area contributed by atoms with Gasteiger partial charge in [-0.05, 0) is 24.4 Å². The van der Waals surface area contributed by atoms with Crippen molar-refractivity contribution in [2.24, 2.45) is 15.2 Å². The minimum atomic E-state index is 0.287. The molecule has 0 aromatic heterocycles. The number of thiocarbonyl (C=S) groups is 1. The molecule has 0 N–H and O–H groups in total. The van der Waals surface area contributed by atoms with E-state index in [2.05, 4.69) is 31.2 Å². The molecule has 1 aliphatic heterocycles. The summed E-state index contributed by atoms with van der Waals surface area (Å²) in [5, 5.41) is 7.79. The van der Waals surface area contributed by atoms with Gasteiger partial charge in [-0.15, -0.1) is 10.2 Å². The van der Waals surface area contributed by atoms with Gasteiger partial charge in [0.05, 0.1) is 0 Å². The topological polar surface area (TPSA) is 37.1 Å². The fraction of sp³-hybridized carbons (Fsp3) is 0. The molecule has 64 valence electrons. The number of azo groups is 1. The summed E-state index contributed by atoms with van der Waals surface area (Å²) in [4.78, 5) is 3.99. The Hall–Kier alpha value is -0.940. The van der Waals surface area contributed by atoms with Crippen LogP contribution in [0.1, 0.15) is 5.56 Å². The first-order valence-corrected chi connectivity index (χ1v) is 4.76. The lowest BCUT2D eigenvalue weighted by molar-refractivity contribution is 1.40. The largest absolute Gasteiger partial charge is 0.242 e. The van der Waals surface area contributed by atoms with E-state index >= 15 is 0 Å². The molecule has 13 heavy (non-hydrogen) atoms. The molecule has 0 bridgehead atoms. The summed E-state index contributed by atoms with van der Waals surface area (Å²) in [6.07, 6.45) is 0. The Labute approximate surface area is 88.7 Å². The zero-order valence-electron chi connectivity index (χ0n) is 6.44. The van der Waals surface area contributed by atoms with Gasteiger partial charge in [0.25, 0.3) is 0 Å². The van der Waals surface area contributed by atoms with Crippen molar-refractivity contribution in [3.8, 4) is 0 Å². The minimum Gasteiger partial charge on any atom is -0.195 e. The van der Waals surface area contributed by atoms with Crippen LogP contribution in [0.4, 0.5) is 0 Å². The van der Waals surface area contributed by atoms with E-state index in [0.717, 1.165) is 10.0 Å². The molecular weight excluding hydrogens is 250 g/mol. The summed E-state index contributed by atoms with van der Waals surface area (Å²) >= 11 is 8.13. The van der Waals surface area contributed by atoms with Crippen molar-refractivity contribution < 1.29 is 0 Å². The lowest BCUT2D eigenvalue weighted by atomic mass is 10.2. The SMILES string of the molecule is S=C1N=NC(c2cccc(Br)c2)=N1. The van der Waals surface area contributed by atoms with Gasteiger partial charge < -0.3 is 0 Å². The van der Waals surface area contributed by atoms with E-state index in [1.165, 1.54) is 0 Å². The van der Waals surface area contributed by atoms with Gasteiger partial charge in [0, 0.05) is 10.0 Å². The molecule has 0 amide bonds. The van der Waals surface area contributed by atoms with E-state index in [1.54, 1.807) is 0 Å². The molecule has 2 rings (SSSR count). The van der Waals surface area contributed by atoms with E-state index in [4.69, 9.17) is 12.2 Å². The lowest BCUT2D eigenvalue weighted by Gasteiger charge is -1.95. The second-order valence-corrected chi connectivity index (χ2v) is 3.71. The summed E-state index contributed by atoms with van der Waals surface area (Å²) in [5.41, 5.74) is 0.915. The highest BCUT2D eigenvalue weighted by Crippen LogP contribution is 2.15. The highest BCUT2D eigenvalue weighted by Gasteiger charge is 2.09. The normalized spacial score (nSPS) is 14.8. The van der Waals surface area contributed by atoms with Crippen molar-refractivity contribution in [3.05, 3.63) is 34.3 Å². The third-order valence-corrected chi connectivity index (χ3v) is 2.18. The molecular formula is C8H4BrN3S. The second-order valence-electron chi connectivity index (χ2n) is 2.43. The number of nitrogens with zero attached hydrogens (tertiary/aromatic N) is 3. The highest BCUT2D eigenvalue weighted by atomic mass is 79.9. The Bertz CT molecular complexity index is 425. The predicted octanol–water partition coefficient (Wildman–Crippen LogP) is 2.95. The summed E-state index contributed by atoms with van der Waals surface area (Å²) in [6.45, 7) is 0. The average Bonchev–Trinajstić information content (AvgIpc) is 2.52. The summed E-state index contributed by atoms with van der Waals surface area (Å²) in [5.74, 6) is 0.575. The molecule has 0 saturated heterocycles. The van der Waals surface area contributed by atoms with Crippen LogP contribution in [0, 0.1) is 0 Å². The Morgan fingerprint density at radius 2 is 2.08 bits per heavy atom. The highest BCUT2D eigenvalue weighted by molar-refractivity contribution is 9.10. The molecule has 1 aromatic carbocycles. The van der Waals surface area contributed by atoms with E-state index in [9.17, 15) is 0 Å². The standard InChI is InChI=1S/C8H4BrN3S/c9-6-3-1-2-5(4-6)7-10-8(13)12-11-7/h1-4H. The van der Waals surface area contributed by atoms with Crippen molar-refractivity contribution >= 4 is 39.1 Å². The van der Waals surface area contributed by atoms with Gasteiger partial charge in [0.2, 0.25) is 5.11 Å². The van der Waals surface area contributed by atoms with Crippen LogP contribution in [-0.4, -0.2) is 10.9 Å². The van der Waals surface area contributed by atoms with Crippen LogP contribution in [0.25, 0.3) is 0 Å². The number of halogens is 1. The maximum Gasteiger partial charge on any atom is 0.242 e. The monoisotopic (exact) mass is 253 g/mol. The summed E-state index contributed by atoms with van der Waals surface area (Å²) in [6, 6.07) is 7.69. The van der Waals surface area contributed by atoms with Crippen molar-refractivity contribution in [2.45, 2.75) is 0 Å². The number of benzene rings is 1. The molecule has 0 fully saturated rings. The van der Waals surface area contributed by atoms with Gasteiger partial charge in [-0.2, -0.15) is 4.99 Å². The first-order valence-electron chi connectivity index (χ1n) is 3.56. The van der Waals surface area contributed by atoms with Crippen LogP contribution in [0.15, 0.2) is 44.0 Å². The Morgan fingerprint density at radius 1 is 1.23 bits per heavy atom. The van der Waals surface area contributed by atoms with Gasteiger partial charge >= 0.3 is 0 Å². The maximum atomic E-state index is 4.77. The average molecular weight is 254 g/mol. The smallest absolute Gasteiger partial charge is 0.195 e. The first kappa shape index (κ1) is 8.65. The molecule has 0 spiro atoms. The molecule has 3 nitrogen and oxygen atoms in total. The van der Waals surface area contributed by atoms with Crippen molar-refractivity contribution in [2.75, 3.05) is 0 Å². The molecule has 0 radical (unpaired) electrons. The van der Waals surface area contributed by atoms with Crippen LogP contribution in [0.2, 0.25) is 0 Å². The quantitative estimate of drug-likeness (QED) is 0.710. The minimum absolute atomic E-state index is 0.287.